The number of carbonyl (C=O) groups is 3. The zero-order valence-electron chi connectivity index (χ0n) is 19.2. The van der Waals surface area contributed by atoms with Crippen molar-refractivity contribution < 1.29 is 19.5 Å². The Morgan fingerprint density at radius 2 is 1.86 bits per heavy atom. The smallest absolute Gasteiger partial charge is 0.248 e. The fourth-order valence-corrected chi connectivity index (χ4v) is 8.23. The summed E-state index contributed by atoms with van der Waals surface area (Å²) in [5, 5.41) is 16.0. The van der Waals surface area contributed by atoms with Crippen molar-refractivity contribution in [3.05, 3.63) is 65.2 Å². The van der Waals surface area contributed by atoms with Gasteiger partial charge >= 0.3 is 0 Å². The van der Waals surface area contributed by atoms with Crippen molar-refractivity contribution in [1.29, 1.82) is 0 Å². The molecule has 1 spiro atoms. The summed E-state index contributed by atoms with van der Waals surface area (Å²) in [5.74, 6) is -1.59. The number of likely N-dealkylation sites (tertiary alicyclic amines) is 1. The number of aliphatic hydroxyl groups excluding tert-OH is 1. The fourth-order valence-electron chi connectivity index (χ4n) is 5.88. The molecule has 3 saturated heterocycles. The van der Waals surface area contributed by atoms with E-state index in [4.69, 9.17) is 11.6 Å². The molecular weight excluding hydrogens is 486 g/mol. The SMILES string of the molecule is O=C(Nc1ccc(Cl)cc1)C1N(CCCO)C(=O)[C@@H]2[C@@H](C(=O)NCc3ccccc3)[C@H]3CCC12S3. The lowest BCUT2D eigenvalue weighted by Gasteiger charge is -2.34. The zero-order chi connectivity index (χ0) is 24.6. The number of nitrogens with zero attached hydrogens (tertiary/aromatic N) is 1. The van der Waals surface area contributed by atoms with Gasteiger partial charge in [0.05, 0.1) is 16.6 Å². The molecule has 2 aromatic rings. The maximum Gasteiger partial charge on any atom is 0.248 e. The Morgan fingerprint density at radius 3 is 2.57 bits per heavy atom. The molecule has 3 heterocycles. The summed E-state index contributed by atoms with van der Waals surface area (Å²) in [5.41, 5.74) is 1.59. The number of fused-ring (bicyclic) bond motifs is 1. The third-order valence-corrected chi connectivity index (χ3v) is 9.53. The van der Waals surface area contributed by atoms with Crippen LogP contribution in [0.1, 0.15) is 24.8 Å². The van der Waals surface area contributed by atoms with E-state index in [-0.39, 0.29) is 36.1 Å². The molecular formula is C26H28ClN3O4S. The van der Waals surface area contributed by atoms with Gasteiger partial charge < -0.3 is 20.6 Å². The van der Waals surface area contributed by atoms with Crippen molar-refractivity contribution in [3.63, 3.8) is 0 Å². The van der Waals surface area contributed by atoms with Gasteiger partial charge in [-0.05, 0) is 49.1 Å². The summed E-state index contributed by atoms with van der Waals surface area (Å²) < 4.78 is -0.650. The maximum atomic E-state index is 13.7. The molecule has 0 aliphatic carbocycles. The van der Waals surface area contributed by atoms with E-state index in [1.807, 2.05) is 30.3 Å². The average Bonchev–Trinajstić information content (AvgIpc) is 3.50. The molecule has 0 radical (unpaired) electrons. The van der Waals surface area contributed by atoms with E-state index in [1.165, 1.54) is 0 Å². The number of benzene rings is 2. The second-order valence-electron chi connectivity index (χ2n) is 9.36. The monoisotopic (exact) mass is 513 g/mol. The number of hydrogen-bond acceptors (Lipinski definition) is 5. The Labute approximate surface area is 213 Å². The van der Waals surface area contributed by atoms with Crippen molar-refractivity contribution >= 4 is 46.8 Å². The van der Waals surface area contributed by atoms with Crippen molar-refractivity contribution in [2.24, 2.45) is 11.8 Å². The van der Waals surface area contributed by atoms with Crippen LogP contribution in [0.25, 0.3) is 0 Å². The fraction of sp³-hybridized carbons (Fsp3) is 0.423. The molecule has 3 fully saturated rings. The molecule has 184 valence electrons. The molecule has 5 atom stereocenters. The molecule has 7 nitrogen and oxygen atoms in total. The Kier molecular flexibility index (Phi) is 6.79. The minimum atomic E-state index is -0.704. The number of aliphatic hydroxyl groups is 1. The lowest BCUT2D eigenvalue weighted by molar-refractivity contribution is -0.139. The summed E-state index contributed by atoms with van der Waals surface area (Å²) in [6.07, 6.45) is 1.87. The first kappa shape index (κ1) is 24.2. The minimum Gasteiger partial charge on any atom is -0.396 e. The maximum absolute atomic E-state index is 13.7. The van der Waals surface area contributed by atoms with E-state index in [0.29, 0.717) is 30.1 Å². The van der Waals surface area contributed by atoms with Crippen molar-refractivity contribution in [2.45, 2.75) is 41.8 Å². The van der Waals surface area contributed by atoms with Gasteiger partial charge in [-0.3, -0.25) is 14.4 Å². The summed E-state index contributed by atoms with van der Waals surface area (Å²) in [6, 6.07) is 15.8. The number of nitrogens with one attached hydrogen (secondary N) is 2. The molecule has 0 aromatic heterocycles. The third kappa shape index (κ3) is 4.32. The molecule has 3 amide bonds. The predicted molar refractivity (Wildman–Crippen MR) is 136 cm³/mol. The highest BCUT2D eigenvalue weighted by Crippen LogP contribution is 2.66. The molecule has 2 bridgehead atoms. The molecule has 3 aliphatic rings. The van der Waals surface area contributed by atoms with Crippen LogP contribution in [0.5, 0.6) is 0 Å². The van der Waals surface area contributed by atoms with E-state index >= 15 is 0 Å². The standard InChI is InChI=1S/C26H28ClN3O4S/c27-17-7-9-18(10-8-17)29-24(33)22-26-12-11-19(35-26)20(21(26)25(34)30(22)13-4-14-31)23(32)28-15-16-5-2-1-3-6-16/h1-3,5-10,19-22,31H,4,11-15H2,(H,28,32)(H,29,33)/t19-,20+,21+,22?,26?/m1/s1. The highest BCUT2D eigenvalue weighted by Gasteiger charge is 2.73. The van der Waals surface area contributed by atoms with Crippen molar-refractivity contribution in [2.75, 3.05) is 18.5 Å². The number of halogens is 1. The first-order valence-electron chi connectivity index (χ1n) is 11.9. The number of thioether (sulfide) groups is 1. The third-order valence-electron chi connectivity index (χ3n) is 7.33. The highest BCUT2D eigenvalue weighted by atomic mass is 35.5. The van der Waals surface area contributed by atoms with Crippen LogP contribution in [-0.4, -0.2) is 56.9 Å². The predicted octanol–water partition coefficient (Wildman–Crippen LogP) is 3.07. The van der Waals surface area contributed by atoms with Gasteiger partial charge in [-0.2, -0.15) is 0 Å². The Balaban J connectivity index is 1.40. The minimum absolute atomic E-state index is 0.00514. The van der Waals surface area contributed by atoms with Crippen LogP contribution in [0.2, 0.25) is 5.02 Å². The van der Waals surface area contributed by atoms with Crippen molar-refractivity contribution in [3.8, 4) is 0 Å². The summed E-state index contributed by atoms with van der Waals surface area (Å²) in [7, 11) is 0. The van der Waals surface area contributed by atoms with Gasteiger partial charge in [-0.15, -0.1) is 11.8 Å². The first-order chi connectivity index (χ1) is 16.9. The van der Waals surface area contributed by atoms with Crippen LogP contribution in [0.3, 0.4) is 0 Å². The average molecular weight is 514 g/mol. The van der Waals surface area contributed by atoms with Crippen LogP contribution < -0.4 is 10.6 Å². The van der Waals surface area contributed by atoms with Gasteiger partial charge in [0.15, 0.2) is 0 Å². The van der Waals surface area contributed by atoms with Gasteiger partial charge in [0.25, 0.3) is 0 Å². The van der Waals surface area contributed by atoms with Crippen LogP contribution in [0, 0.1) is 11.8 Å². The molecule has 35 heavy (non-hydrogen) atoms. The molecule has 0 saturated carbocycles. The van der Waals surface area contributed by atoms with Gasteiger partial charge in [0, 0.05) is 35.7 Å². The van der Waals surface area contributed by atoms with Gasteiger partial charge in [-0.1, -0.05) is 41.9 Å². The van der Waals surface area contributed by atoms with Crippen LogP contribution in [0.15, 0.2) is 54.6 Å². The van der Waals surface area contributed by atoms with Gasteiger partial charge in [0.1, 0.15) is 6.04 Å². The van der Waals surface area contributed by atoms with E-state index in [1.54, 1.807) is 40.9 Å². The lowest BCUT2D eigenvalue weighted by Crippen LogP contribution is -2.51. The number of carbonyl (C=O) groups excluding carboxylic acids is 3. The second kappa shape index (κ2) is 9.84. The van der Waals surface area contributed by atoms with Crippen LogP contribution >= 0.6 is 23.4 Å². The highest BCUT2D eigenvalue weighted by molar-refractivity contribution is 8.02. The number of hydrogen-bond donors (Lipinski definition) is 3. The number of rotatable bonds is 8. The molecule has 9 heteroatoms. The topological polar surface area (TPSA) is 98.7 Å². The number of amides is 3. The van der Waals surface area contributed by atoms with Crippen LogP contribution in [0.4, 0.5) is 5.69 Å². The quantitative estimate of drug-likeness (QED) is 0.504. The normalized spacial score (nSPS) is 28.7. The summed E-state index contributed by atoms with van der Waals surface area (Å²) in [4.78, 5) is 42.3. The van der Waals surface area contributed by atoms with Crippen LogP contribution in [-0.2, 0) is 20.9 Å². The van der Waals surface area contributed by atoms with Gasteiger partial charge in [-0.25, -0.2) is 0 Å². The van der Waals surface area contributed by atoms with E-state index in [2.05, 4.69) is 10.6 Å². The molecule has 3 N–H and O–H groups in total. The largest absolute Gasteiger partial charge is 0.396 e. The molecule has 2 aromatic carbocycles. The Morgan fingerprint density at radius 1 is 1.11 bits per heavy atom. The Bertz CT molecular complexity index is 1120. The van der Waals surface area contributed by atoms with E-state index in [0.717, 1.165) is 12.0 Å². The van der Waals surface area contributed by atoms with E-state index < -0.39 is 22.6 Å². The van der Waals surface area contributed by atoms with Gasteiger partial charge in [0.2, 0.25) is 17.7 Å². The first-order valence-corrected chi connectivity index (χ1v) is 13.2. The molecule has 2 unspecified atom stereocenters. The van der Waals surface area contributed by atoms with Crippen molar-refractivity contribution in [1.82, 2.24) is 10.2 Å². The summed E-state index contributed by atoms with van der Waals surface area (Å²) in [6.45, 7) is 0.593. The van der Waals surface area contributed by atoms with E-state index in [9.17, 15) is 19.5 Å². The molecule has 3 aliphatic heterocycles. The summed E-state index contributed by atoms with van der Waals surface area (Å²) >= 11 is 7.61. The Hall–Kier alpha value is -2.55. The number of anilines is 1. The second-order valence-corrected chi connectivity index (χ2v) is 11.4. The zero-order valence-corrected chi connectivity index (χ0v) is 20.7. The lowest BCUT2D eigenvalue weighted by atomic mass is 9.70. The molecule has 5 rings (SSSR count).